The standard InChI is InChI=1S/C27H22Cl2N2O3/c28-22-7-4-8-23(24(22)29)30-25(32)17-9-12-19(13-10-17)31-26(33)20-14-11-18(15-21(20)27(31)34)16-5-2-1-3-6-16/h1-10,12-13,18,20-21H,11,14-15H2,(H,30,32)/t18-,20+,21+/m0/s1. The molecule has 5 rings (SSSR count). The zero-order chi connectivity index (χ0) is 23.8. The maximum absolute atomic E-state index is 13.3. The maximum Gasteiger partial charge on any atom is 0.255 e. The molecule has 1 heterocycles. The third-order valence-electron chi connectivity index (χ3n) is 6.78. The number of benzene rings is 3. The van der Waals surface area contributed by atoms with Gasteiger partial charge in [-0.2, -0.15) is 0 Å². The molecule has 5 nitrogen and oxygen atoms in total. The quantitative estimate of drug-likeness (QED) is 0.433. The number of amides is 3. The van der Waals surface area contributed by atoms with Crippen LogP contribution < -0.4 is 10.2 Å². The molecule has 3 aromatic carbocycles. The maximum atomic E-state index is 13.3. The molecule has 1 aliphatic heterocycles. The van der Waals surface area contributed by atoms with Gasteiger partial charge in [-0.1, -0.05) is 59.6 Å². The molecule has 0 bridgehead atoms. The molecule has 172 valence electrons. The van der Waals surface area contributed by atoms with Crippen LogP contribution in [-0.2, 0) is 9.59 Å². The number of imide groups is 1. The third kappa shape index (κ3) is 4.10. The average molecular weight is 493 g/mol. The largest absolute Gasteiger partial charge is 0.321 e. The van der Waals surface area contributed by atoms with Gasteiger partial charge < -0.3 is 5.32 Å². The van der Waals surface area contributed by atoms with Gasteiger partial charge in [-0.15, -0.1) is 0 Å². The van der Waals surface area contributed by atoms with Gasteiger partial charge in [0.05, 0.1) is 33.3 Å². The highest BCUT2D eigenvalue weighted by Gasteiger charge is 2.50. The monoisotopic (exact) mass is 492 g/mol. The summed E-state index contributed by atoms with van der Waals surface area (Å²) in [5.74, 6) is -0.972. The molecule has 0 unspecified atom stereocenters. The second kappa shape index (κ2) is 9.24. The van der Waals surface area contributed by atoms with E-state index in [9.17, 15) is 14.4 Å². The molecule has 3 atom stereocenters. The first kappa shape index (κ1) is 22.6. The fourth-order valence-electron chi connectivity index (χ4n) is 5.02. The van der Waals surface area contributed by atoms with Crippen LogP contribution >= 0.6 is 23.2 Å². The van der Waals surface area contributed by atoms with Crippen LogP contribution in [0.25, 0.3) is 0 Å². The van der Waals surface area contributed by atoms with Crippen molar-refractivity contribution in [1.29, 1.82) is 0 Å². The van der Waals surface area contributed by atoms with Gasteiger partial charge in [-0.25, -0.2) is 0 Å². The number of anilines is 2. The summed E-state index contributed by atoms with van der Waals surface area (Å²) in [6.45, 7) is 0. The van der Waals surface area contributed by atoms with Crippen LogP contribution in [-0.4, -0.2) is 17.7 Å². The average Bonchev–Trinajstić information content (AvgIpc) is 3.12. The van der Waals surface area contributed by atoms with E-state index in [1.165, 1.54) is 10.5 Å². The van der Waals surface area contributed by atoms with Crippen LogP contribution in [0, 0.1) is 11.8 Å². The number of nitrogens with one attached hydrogen (secondary N) is 1. The fourth-order valence-corrected chi connectivity index (χ4v) is 5.37. The van der Waals surface area contributed by atoms with Crippen LogP contribution in [0.5, 0.6) is 0 Å². The molecule has 34 heavy (non-hydrogen) atoms. The molecule has 3 amide bonds. The molecule has 1 saturated carbocycles. The lowest BCUT2D eigenvalue weighted by atomic mass is 9.73. The Balaban J connectivity index is 1.31. The Morgan fingerprint density at radius 1 is 0.824 bits per heavy atom. The normalized spacial score (nSPS) is 21.9. The molecule has 1 saturated heterocycles. The Hall–Kier alpha value is -3.15. The summed E-state index contributed by atoms with van der Waals surface area (Å²) >= 11 is 12.2. The van der Waals surface area contributed by atoms with Crippen LogP contribution in [0.15, 0.2) is 72.8 Å². The van der Waals surface area contributed by atoms with Gasteiger partial charge in [-0.05, 0) is 67.1 Å². The van der Waals surface area contributed by atoms with Crippen LogP contribution in [0.3, 0.4) is 0 Å². The number of carbonyl (C=O) groups is 3. The summed E-state index contributed by atoms with van der Waals surface area (Å²) in [4.78, 5) is 40.3. The second-order valence-corrected chi connectivity index (χ2v) is 9.53. The number of rotatable bonds is 4. The second-order valence-electron chi connectivity index (χ2n) is 8.75. The highest BCUT2D eigenvalue weighted by Crippen LogP contribution is 2.45. The Bertz CT molecular complexity index is 1260. The van der Waals surface area contributed by atoms with E-state index in [-0.39, 0.29) is 40.5 Å². The summed E-state index contributed by atoms with van der Waals surface area (Å²) in [5.41, 5.74) is 2.48. The number of nitrogens with zero attached hydrogens (tertiary/aromatic N) is 1. The SMILES string of the molecule is O=C(Nc1cccc(Cl)c1Cl)c1ccc(N2C(=O)[C@@H]3CC[C@H](c4ccccc4)C[C@H]3C2=O)cc1. The van der Waals surface area contributed by atoms with Gasteiger partial charge in [0.25, 0.3) is 5.91 Å². The summed E-state index contributed by atoms with van der Waals surface area (Å²) in [7, 11) is 0. The van der Waals surface area contributed by atoms with Crippen molar-refractivity contribution in [2.45, 2.75) is 25.2 Å². The van der Waals surface area contributed by atoms with Crippen molar-refractivity contribution in [2.24, 2.45) is 11.8 Å². The zero-order valence-electron chi connectivity index (χ0n) is 18.2. The molecule has 1 N–H and O–H groups in total. The van der Waals surface area contributed by atoms with Gasteiger partial charge in [0.2, 0.25) is 11.8 Å². The molecule has 3 aromatic rings. The molecule has 0 radical (unpaired) electrons. The summed E-state index contributed by atoms with van der Waals surface area (Å²) in [5, 5.41) is 3.34. The molecule has 0 spiro atoms. The first-order valence-electron chi connectivity index (χ1n) is 11.2. The van der Waals surface area contributed by atoms with Crippen molar-refractivity contribution in [2.75, 3.05) is 10.2 Å². The van der Waals surface area contributed by atoms with Crippen molar-refractivity contribution < 1.29 is 14.4 Å². The lowest BCUT2D eigenvalue weighted by Crippen LogP contribution is -2.30. The van der Waals surface area contributed by atoms with E-state index < -0.39 is 0 Å². The van der Waals surface area contributed by atoms with Crippen molar-refractivity contribution in [3.05, 3.63) is 94.0 Å². The molecule has 1 aliphatic carbocycles. The Morgan fingerprint density at radius 2 is 1.53 bits per heavy atom. The number of hydrogen-bond acceptors (Lipinski definition) is 3. The highest BCUT2D eigenvalue weighted by atomic mass is 35.5. The first-order valence-corrected chi connectivity index (χ1v) is 12.0. The van der Waals surface area contributed by atoms with E-state index >= 15 is 0 Å². The first-order chi connectivity index (χ1) is 16.4. The van der Waals surface area contributed by atoms with Gasteiger partial charge in [0.1, 0.15) is 0 Å². The smallest absolute Gasteiger partial charge is 0.255 e. The minimum Gasteiger partial charge on any atom is -0.321 e. The predicted octanol–water partition coefficient (Wildman–Crippen LogP) is 6.32. The van der Waals surface area contributed by atoms with Crippen molar-refractivity contribution in [3.63, 3.8) is 0 Å². The van der Waals surface area contributed by atoms with Gasteiger partial charge in [0, 0.05) is 5.56 Å². The highest BCUT2D eigenvalue weighted by molar-refractivity contribution is 6.44. The topological polar surface area (TPSA) is 66.5 Å². The van der Waals surface area contributed by atoms with E-state index in [1.54, 1.807) is 42.5 Å². The van der Waals surface area contributed by atoms with E-state index in [1.807, 2.05) is 18.2 Å². The molecule has 2 aliphatic rings. The number of hydrogen-bond donors (Lipinski definition) is 1. The number of carbonyl (C=O) groups excluding carboxylic acids is 3. The summed E-state index contributed by atoms with van der Waals surface area (Å²) < 4.78 is 0. The minimum atomic E-state index is -0.367. The van der Waals surface area contributed by atoms with Crippen molar-refractivity contribution in [3.8, 4) is 0 Å². The van der Waals surface area contributed by atoms with Crippen LogP contribution in [0.4, 0.5) is 11.4 Å². The van der Waals surface area contributed by atoms with Gasteiger partial charge in [-0.3, -0.25) is 19.3 Å². The molecular formula is C27H22Cl2N2O3. The van der Waals surface area contributed by atoms with E-state index in [0.29, 0.717) is 34.8 Å². The molecule has 0 aromatic heterocycles. The third-order valence-corrected chi connectivity index (χ3v) is 7.60. The Morgan fingerprint density at radius 3 is 2.26 bits per heavy atom. The molecule has 7 heteroatoms. The Labute approximate surface area is 207 Å². The Kier molecular flexibility index (Phi) is 6.15. The van der Waals surface area contributed by atoms with Crippen molar-refractivity contribution in [1.82, 2.24) is 0 Å². The predicted molar refractivity (Wildman–Crippen MR) is 133 cm³/mol. The number of fused-ring (bicyclic) bond motifs is 1. The fraction of sp³-hybridized carbons (Fsp3) is 0.222. The van der Waals surface area contributed by atoms with E-state index in [2.05, 4.69) is 17.4 Å². The van der Waals surface area contributed by atoms with E-state index in [4.69, 9.17) is 23.2 Å². The van der Waals surface area contributed by atoms with Crippen molar-refractivity contribution >= 4 is 52.3 Å². The van der Waals surface area contributed by atoms with Gasteiger partial charge >= 0.3 is 0 Å². The number of halogens is 2. The lowest BCUT2D eigenvalue weighted by Gasteiger charge is -2.28. The van der Waals surface area contributed by atoms with E-state index in [0.717, 1.165) is 6.42 Å². The zero-order valence-corrected chi connectivity index (χ0v) is 19.7. The van der Waals surface area contributed by atoms with Crippen LogP contribution in [0.1, 0.15) is 41.1 Å². The summed E-state index contributed by atoms with van der Waals surface area (Å²) in [6, 6.07) is 21.6. The van der Waals surface area contributed by atoms with Gasteiger partial charge in [0.15, 0.2) is 0 Å². The molecule has 2 fully saturated rings. The minimum absolute atomic E-state index is 0.149. The summed E-state index contributed by atoms with van der Waals surface area (Å²) in [6.07, 6.45) is 2.27. The molecular weight excluding hydrogens is 471 g/mol. The van der Waals surface area contributed by atoms with Crippen LogP contribution in [0.2, 0.25) is 10.0 Å². The lowest BCUT2D eigenvalue weighted by molar-refractivity contribution is -0.122.